The van der Waals surface area contributed by atoms with Gasteiger partial charge in [0.25, 0.3) is 0 Å². The molecule has 0 atom stereocenters. The standard InChI is InChI=1S/C23H21N3O3S/c1-4-29-18-11-7-15(8-12-18)19-13(2)30-22-20(19)21(24-14(3)25-22)26-17-9-5-16(6-10-17)23(27)28/h5-12H,4H2,1-3H3,(H,27,28)(H,24,25,26). The van der Waals surface area contributed by atoms with E-state index in [1.54, 1.807) is 35.6 Å². The number of hydrogen-bond donors (Lipinski definition) is 2. The number of aryl methyl sites for hydroxylation is 2. The van der Waals surface area contributed by atoms with Crippen LogP contribution in [0.5, 0.6) is 5.75 Å². The van der Waals surface area contributed by atoms with Crippen LogP contribution in [0.25, 0.3) is 21.3 Å². The molecule has 0 saturated carbocycles. The average molecular weight is 420 g/mol. The molecule has 2 N–H and O–H groups in total. The molecule has 7 heteroatoms. The van der Waals surface area contributed by atoms with E-state index in [0.717, 1.165) is 37.7 Å². The second-order valence-corrected chi connectivity index (χ2v) is 8.00. The number of rotatable bonds is 6. The molecule has 2 aromatic heterocycles. The van der Waals surface area contributed by atoms with Gasteiger partial charge in [-0.25, -0.2) is 14.8 Å². The quantitative estimate of drug-likeness (QED) is 0.410. The molecule has 0 aliphatic carbocycles. The fourth-order valence-corrected chi connectivity index (χ4v) is 4.46. The van der Waals surface area contributed by atoms with Gasteiger partial charge in [-0.05, 0) is 62.7 Å². The summed E-state index contributed by atoms with van der Waals surface area (Å²) in [5.74, 6) is 1.26. The van der Waals surface area contributed by atoms with E-state index in [1.807, 2.05) is 38.1 Å². The van der Waals surface area contributed by atoms with E-state index in [0.29, 0.717) is 18.2 Å². The van der Waals surface area contributed by atoms with Crippen molar-refractivity contribution < 1.29 is 14.6 Å². The molecule has 0 radical (unpaired) electrons. The minimum absolute atomic E-state index is 0.242. The van der Waals surface area contributed by atoms with E-state index in [4.69, 9.17) is 9.84 Å². The van der Waals surface area contributed by atoms with Gasteiger partial charge in [0.15, 0.2) is 0 Å². The number of thiophene rings is 1. The lowest BCUT2D eigenvalue weighted by Crippen LogP contribution is -2.00. The van der Waals surface area contributed by atoms with E-state index in [-0.39, 0.29) is 5.56 Å². The fraction of sp³-hybridized carbons (Fsp3) is 0.174. The highest BCUT2D eigenvalue weighted by Gasteiger charge is 2.18. The predicted octanol–water partition coefficient (Wildman–Crippen LogP) is 5.82. The molecule has 0 aliphatic heterocycles. The summed E-state index contributed by atoms with van der Waals surface area (Å²) in [6.45, 7) is 6.54. The summed E-state index contributed by atoms with van der Waals surface area (Å²) in [6, 6.07) is 14.6. The monoisotopic (exact) mass is 419 g/mol. The first-order valence-electron chi connectivity index (χ1n) is 9.57. The van der Waals surface area contributed by atoms with Crippen molar-refractivity contribution in [2.24, 2.45) is 0 Å². The van der Waals surface area contributed by atoms with Crippen molar-refractivity contribution >= 4 is 39.0 Å². The van der Waals surface area contributed by atoms with Crippen LogP contribution in [0.3, 0.4) is 0 Å². The third kappa shape index (κ3) is 3.84. The molecular weight excluding hydrogens is 398 g/mol. The second kappa shape index (κ2) is 8.12. The van der Waals surface area contributed by atoms with Crippen molar-refractivity contribution in [2.45, 2.75) is 20.8 Å². The number of carboxylic acid groups (broad SMARTS) is 1. The summed E-state index contributed by atoms with van der Waals surface area (Å²) in [4.78, 5) is 22.5. The van der Waals surface area contributed by atoms with Crippen LogP contribution in [-0.2, 0) is 0 Å². The second-order valence-electron chi connectivity index (χ2n) is 6.80. The van der Waals surface area contributed by atoms with Crippen LogP contribution in [0.15, 0.2) is 48.5 Å². The molecule has 0 aliphatic rings. The summed E-state index contributed by atoms with van der Waals surface area (Å²) < 4.78 is 5.56. The number of hydrogen-bond acceptors (Lipinski definition) is 6. The van der Waals surface area contributed by atoms with Gasteiger partial charge in [-0.1, -0.05) is 12.1 Å². The van der Waals surface area contributed by atoms with Crippen LogP contribution in [0.4, 0.5) is 11.5 Å². The van der Waals surface area contributed by atoms with Crippen LogP contribution in [0.1, 0.15) is 28.0 Å². The Bertz CT molecular complexity index is 1220. The first kappa shape index (κ1) is 19.8. The molecule has 0 unspecified atom stereocenters. The molecule has 0 spiro atoms. The molecule has 30 heavy (non-hydrogen) atoms. The number of fused-ring (bicyclic) bond motifs is 1. The zero-order valence-corrected chi connectivity index (χ0v) is 17.7. The van der Waals surface area contributed by atoms with Crippen LogP contribution in [-0.4, -0.2) is 27.7 Å². The number of nitrogens with one attached hydrogen (secondary N) is 1. The number of aromatic carboxylic acids is 1. The zero-order chi connectivity index (χ0) is 21.3. The Morgan fingerprint density at radius 3 is 2.40 bits per heavy atom. The molecular formula is C23H21N3O3S. The van der Waals surface area contributed by atoms with E-state index in [1.165, 1.54) is 0 Å². The smallest absolute Gasteiger partial charge is 0.335 e. The van der Waals surface area contributed by atoms with Gasteiger partial charge in [0.2, 0.25) is 0 Å². The van der Waals surface area contributed by atoms with Gasteiger partial charge in [-0.3, -0.25) is 0 Å². The number of ether oxygens (including phenoxy) is 1. The van der Waals surface area contributed by atoms with Crippen molar-refractivity contribution in [1.82, 2.24) is 9.97 Å². The minimum atomic E-state index is -0.951. The largest absolute Gasteiger partial charge is 0.494 e. The number of carbonyl (C=O) groups is 1. The predicted molar refractivity (Wildman–Crippen MR) is 120 cm³/mol. The molecule has 0 amide bonds. The minimum Gasteiger partial charge on any atom is -0.494 e. The lowest BCUT2D eigenvalue weighted by molar-refractivity contribution is 0.0697. The Balaban J connectivity index is 1.80. The molecule has 0 fully saturated rings. The van der Waals surface area contributed by atoms with Gasteiger partial charge in [-0.2, -0.15) is 0 Å². The van der Waals surface area contributed by atoms with Gasteiger partial charge < -0.3 is 15.2 Å². The van der Waals surface area contributed by atoms with Crippen molar-refractivity contribution in [1.29, 1.82) is 0 Å². The van der Waals surface area contributed by atoms with Crippen molar-refractivity contribution in [3.05, 3.63) is 64.8 Å². The third-order valence-electron chi connectivity index (χ3n) is 4.69. The first-order chi connectivity index (χ1) is 14.5. The number of anilines is 2. The molecule has 2 aromatic carbocycles. The molecule has 152 valence electrons. The highest BCUT2D eigenvalue weighted by Crippen LogP contribution is 2.41. The van der Waals surface area contributed by atoms with Gasteiger partial charge >= 0.3 is 5.97 Å². The summed E-state index contributed by atoms with van der Waals surface area (Å²) in [5, 5.41) is 13.4. The van der Waals surface area contributed by atoms with Crippen LogP contribution in [0.2, 0.25) is 0 Å². The Morgan fingerprint density at radius 2 is 1.77 bits per heavy atom. The highest BCUT2D eigenvalue weighted by molar-refractivity contribution is 7.19. The topological polar surface area (TPSA) is 84.3 Å². The SMILES string of the molecule is CCOc1ccc(-c2c(C)sc3nc(C)nc(Nc4ccc(C(=O)O)cc4)c23)cc1. The highest BCUT2D eigenvalue weighted by atomic mass is 32.1. The summed E-state index contributed by atoms with van der Waals surface area (Å²) in [5.41, 5.74) is 3.16. The van der Waals surface area contributed by atoms with Gasteiger partial charge in [-0.15, -0.1) is 11.3 Å². The number of nitrogens with zero attached hydrogens (tertiary/aromatic N) is 2. The number of aromatic nitrogens is 2. The summed E-state index contributed by atoms with van der Waals surface area (Å²) in [6.07, 6.45) is 0. The van der Waals surface area contributed by atoms with Crippen molar-refractivity contribution in [3.8, 4) is 16.9 Å². The van der Waals surface area contributed by atoms with E-state index in [9.17, 15) is 4.79 Å². The maximum atomic E-state index is 11.1. The number of carboxylic acids is 1. The van der Waals surface area contributed by atoms with E-state index in [2.05, 4.69) is 22.2 Å². The molecule has 6 nitrogen and oxygen atoms in total. The molecule has 0 saturated heterocycles. The average Bonchev–Trinajstić information content (AvgIpc) is 3.05. The van der Waals surface area contributed by atoms with E-state index >= 15 is 0 Å². The van der Waals surface area contributed by atoms with Gasteiger partial charge in [0.1, 0.15) is 22.2 Å². The van der Waals surface area contributed by atoms with Gasteiger partial charge in [0.05, 0.1) is 17.6 Å². The summed E-state index contributed by atoms with van der Waals surface area (Å²) in [7, 11) is 0. The van der Waals surface area contributed by atoms with Crippen LogP contribution >= 0.6 is 11.3 Å². The normalized spacial score (nSPS) is 10.9. The maximum Gasteiger partial charge on any atom is 0.335 e. The number of benzene rings is 2. The summed E-state index contributed by atoms with van der Waals surface area (Å²) >= 11 is 1.63. The first-order valence-corrected chi connectivity index (χ1v) is 10.4. The lowest BCUT2D eigenvalue weighted by Gasteiger charge is -2.11. The molecule has 0 bridgehead atoms. The Labute approximate surface area is 178 Å². The molecule has 4 rings (SSSR count). The third-order valence-corrected chi connectivity index (χ3v) is 5.69. The molecule has 4 aromatic rings. The van der Waals surface area contributed by atoms with Crippen molar-refractivity contribution in [3.63, 3.8) is 0 Å². The maximum absolute atomic E-state index is 11.1. The Kier molecular flexibility index (Phi) is 5.37. The van der Waals surface area contributed by atoms with E-state index < -0.39 is 5.97 Å². The zero-order valence-electron chi connectivity index (χ0n) is 16.9. The van der Waals surface area contributed by atoms with Gasteiger partial charge in [0, 0.05) is 16.1 Å². The fourth-order valence-electron chi connectivity index (χ4n) is 3.37. The van der Waals surface area contributed by atoms with Crippen molar-refractivity contribution in [2.75, 3.05) is 11.9 Å². The molecule has 2 heterocycles. The Morgan fingerprint density at radius 1 is 1.07 bits per heavy atom. The van der Waals surface area contributed by atoms with Crippen LogP contribution < -0.4 is 10.1 Å². The Hall–Kier alpha value is -3.45. The van der Waals surface area contributed by atoms with Crippen LogP contribution in [0, 0.1) is 13.8 Å². The lowest BCUT2D eigenvalue weighted by atomic mass is 10.0.